The lowest BCUT2D eigenvalue weighted by Crippen LogP contribution is -2.34. The number of aromatic nitrogens is 1. The highest BCUT2D eigenvalue weighted by molar-refractivity contribution is 6.07. The molecule has 0 bridgehead atoms. The van der Waals surface area contributed by atoms with Crippen LogP contribution >= 0.6 is 0 Å². The van der Waals surface area contributed by atoms with Gasteiger partial charge in [-0.1, -0.05) is 48.5 Å². The van der Waals surface area contributed by atoms with E-state index in [1.54, 1.807) is 12.3 Å². The van der Waals surface area contributed by atoms with E-state index in [2.05, 4.69) is 27.3 Å². The van der Waals surface area contributed by atoms with E-state index in [1.807, 2.05) is 68.7 Å². The van der Waals surface area contributed by atoms with Gasteiger partial charge in [-0.15, -0.1) is 0 Å². The van der Waals surface area contributed by atoms with E-state index in [4.69, 9.17) is 4.42 Å². The largest absolute Gasteiger partial charge is 0.463 e. The third kappa shape index (κ3) is 4.05. The van der Waals surface area contributed by atoms with Crippen molar-refractivity contribution in [1.82, 2.24) is 15.2 Å². The molecular formula is C24H23N3O2. The maximum atomic E-state index is 13.2. The van der Waals surface area contributed by atoms with Crippen LogP contribution in [0.25, 0.3) is 22.4 Å². The lowest BCUT2D eigenvalue weighted by Gasteiger charge is -2.25. The second-order valence-electron chi connectivity index (χ2n) is 7.15. The van der Waals surface area contributed by atoms with Gasteiger partial charge < -0.3 is 14.6 Å². The van der Waals surface area contributed by atoms with E-state index in [1.165, 1.54) is 0 Å². The number of amides is 1. The molecule has 1 amide bonds. The van der Waals surface area contributed by atoms with Crippen LogP contribution in [-0.2, 0) is 0 Å². The third-order valence-corrected chi connectivity index (χ3v) is 5.00. The second-order valence-corrected chi connectivity index (χ2v) is 7.15. The summed E-state index contributed by atoms with van der Waals surface area (Å²) in [5.74, 6) is 0.513. The Bertz CT molecular complexity index is 1110. The average molecular weight is 385 g/mol. The van der Waals surface area contributed by atoms with Gasteiger partial charge in [-0.3, -0.25) is 4.79 Å². The van der Waals surface area contributed by atoms with Gasteiger partial charge in [-0.05, 0) is 43.9 Å². The molecule has 146 valence electrons. The first-order valence-electron chi connectivity index (χ1n) is 9.56. The molecule has 2 aromatic heterocycles. The average Bonchev–Trinajstić information content (AvgIpc) is 3.28. The summed E-state index contributed by atoms with van der Waals surface area (Å²) in [7, 11) is 4.03. The summed E-state index contributed by atoms with van der Waals surface area (Å²) in [6.45, 7) is 0.503. The molecule has 2 aromatic carbocycles. The fourth-order valence-electron chi connectivity index (χ4n) is 3.47. The molecule has 0 aliphatic rings. The molecule has 4 rings (SSSR count). The van der Waals surface area contributed by atoms with Gasteiger partial charge in [-0.25, -0.2) is 4.98 Å². The van der Waals surface area contributed by atoms with Crippen LogP contribution in [-0.4, -0.2) is 36.4 Å². The van der Waals surface area contributed by atoms with E-state index in [9.17, 15) is 4.79 Å². The van der Waals surface area contributed by atoms with E-state index in [-0.39, 0.29) is 11.9 Å². The molecule has 5 heteroatoms. The van der Waals surface area contributed by atoms with Crippen molar-refractivity contribution in [1.29, 1.82) is 0 Å². The number of fused-ring (bicyclic) bond motifs is 1. The van der Waals surface area contributed by atoms with Gasteiger partial charge in [0.1, 0.15) is 5.69 Å². The molecule has 5 nitrogen and oxygen atoms in total. The Balaban J connectivity index is 1.64. The van der Waals surface area contributed by atoms with Gasteiger partial charge in [0.25, 0.3) is 5.91 Å². The zero-order valence-electron chi connectivity index (χ0n) is 16.5. The first-order valence-corrected chi connectivity index (χ1v) is 9.56. The standard InChI is InChI=1S/C24H23N3O2/c1-27(2)22(17-9-4-3-5-10-17)16-25-24(28)19-15-21(23-13-8-14-29-23)26-20-12-7-6-11-18(19)20/h3-15,22H,16H2,1-2H3,(H,25,28). The highest BCUT2D eigenvalue weighted by atomic mass is 16.3. The minimum Gasteiger partial charge on any atom is -0.463 e. The normalized spacial score (nSPS) is 12.2. The van der Waals surface area contributed by atoms with E-state index in [0.717, 1.165) is 16.5 Å². The molecule has 2 heterocycles. The number of rotatable bonds is 6. The number of hydrogen-bond donors (Lipinski definition) is 1. The summed E-state index contributed by atoms with van der Waals surface area (Å²) in [4.78, 5) is 19.9. The van der Waals surface area contributed by atoms with Gasteiger partial charge in [0.05, 0.1) is 23.4 Å². The monoisotopic (exact) mass is 385 g/mol. The molecule has 0 aliphatic carbocycles. The Morgan fingerprint density at radius 2 is 1.79 bits per heavy atom. The minimum absolute atomic E-state index is 0.0813. The SMILES string of the molecule is CN(C)C(CNC(=O)c1cc(-c2ccco2)nc2ccccc12)c1ccccc1. The van der Waals surface area contributed by atoms with Crippen LogP contribution in [0.4, 0.5) is 0 Å². The van der Waals surface area contributed by atoms with Crippen molar-refractivity contribution >= 4 is 16.8 Å². The number of likely N-dealkylation sites (N-methyl/N-ethyl adjacent to an activating group) is 1. The molecule has 29 heavy (non-hydrogen) atoms. The van der Waals surface area contributed by atoms with Gasteiger partial charge >= 0.3 is 0 Å². The van der Waals surface area contributed by atoms with E-state index >= 15 is 0 Å². The smallest absolute Gasteiger partial charge is 0.252 e. The van der Waals surface area contributed by atoms with E-state index < -0.39 is 0 Å². The van der Waals surface area contributed by atoms with Gasteiger partial charge in [-0.2, -0.15) is 0 Å². The molecule has 0 radical (unpaired) electrons. The van der Waals surface area contributed by atoms with Gasteiger partial charge in [0.2, 0.25) is 0 Å². The first kappa shape index (κ1) is 18.9. The number of benzene rings is 2. The molecule has 0 saturated carbocycles. The highest BCUT2D eigenvalue weighted by Crippen LogP contribution is 2.25. The predicted octanol–water partition coefficient (Wildman–Crippen LogP) is 4.53. The van der Waals surface area contributed by atoms with Crippen molar-refractivity contribution in [2.45, 2.75) is 6.04 Å². The Labute approximate surface area is 170 Å². The summed E-state index contributed by atoms with van der Waals surface area (Å²) in [6.07, 6.45) is 1.60. The number of nitrogens with zero attached hydrogens (tertiary/aromatic N) is 2. The van der Waals surface area contributed by atoms with Gasteiger partial charge in [0.15, 0.2) is 5.76 Å². The van der Waals surface area contributed by atoms with Crippen LogP contribution in [0.1, 0.15) is 22.0 Å². The maximum Gasteiger partial charge on any atom is 0.252 e. The second kappa shape index (κ2) is 8.29. The Kier molecular flexibility index (Phi) is 5.40. The zero-order chi connectivity index (χ0) is 20.2. The molecule has 0 saturated heterocycles. The van der Waals surface area contributed by atoms with Crippen molar-refractivity contribution in [2.75, 3.05) is 20.6 Å². The summed E-state index contributed by atoms with van der Waals surface area (Å²) in [5.41, 5.74) is 3.16. The molecule has 1 unspecified atom stereocenters. The quantitative estimate of drug-likeness (QED) is 0.530. The molecule has 4 aromatic rings. The van der Waals surface area contributed by atoms with Crippen LogP contribution in [0, 0.1) is 0 Å². The zero-order valence-corrected chi connectivity index (χ0v) is 16.5. The summed E-state index contributed by atoms with van der Waals surface area (Å²) in [5, 5.41) is 3.93. The molecule has 0 fully saturated rings. The van der Waals surface area contributed by atoms with Gasteiger partial charge in [0, 0.05) is 11.9 Å². The lowest BCUT2D eigenvalue weighted by atomic mass is 10.0. The minimum atomic E-state index is -0.126. The van der Waals surface area contributed by atoms with Crippen molar-refractivity contribution in [2.24, 2.45) is 0 Å². The maximum absolute atomic E-state index is 13.2. The fraction of sp³-hybridized carbons (Fsp3) is 0.167. The van der Waals surface area contributed by atoms with Crippen LogP contribution < -0.4 is 5.32 Å². The molecule has 1 N–H and O–H groups in total. The number of para-hydroxylation sites is 1. The molecular weight excluding hydrogens is 362 g/mol. The number of furan rings is 1. The van der Waals surface area contributed by atoms with Crippen LogP contribution in [0.5, 0.6) is 0 Å². The summed E-state index contributed by atoms with van der Waals surface area (Å²) >= 11 is 0. The van der Waals surface area contributed by atoms with E-state index in [0.29, 0.717) is 23.6 Å². The number of carbonyl (C=O) groups is 1. The Morgan fingerprint density at radius 3 is 2.52 bits per heavy atom. The molecule has 0 spiro atoms. The number of nitrogens with one attached hydrogen (secondary N) is 1. The number of carbonyl (C=O) groups excluding carboxylic acids is 1. The topological polar surface area (TPSA) is 58.4 Å². The van der Waals surface area contributed by atoms with Crippen molar-refractivity contribution in [3.05, 3.63) is 90.2 Å². The first-order chi connectivity index (χ1) is 14.1. The predicted molar refractivity (Wildman–Crippen MR) is 115 cm³/mol. The van der Waals surface area contributed by atoms with Crippen LogP contribution in [0.3, 0.4) is 0 Å². The summed E-state index contributed by atoms with van der Waals surface area (Å²) < 4.78 is 5.49. The third-order valence-electron chi connectivity index (χ3n) is 5.00. The summed E-state index contributed by atoms with van der Waals surface area (Å²) in [6, 6.07) is 23.4. The fourth-order valence-corrected chi connectivity index (χ4v) is 3.47. The Morgan fingerprint density at radius 1 is 1.03 bits per heavy atom. The van der Waals surface area contributed by atoms with Crippen molar-refractivity contribution in [3.8, 4) is 11.5 Å². The number of pyridine rings is 1. The van der Waals surface area contributed by atoms with Crippen molar-refractivity contribution < 1.29 is 9.21 Å². The van der Waals surface area contributed by atoms with Crippen molar-refractivity contribution in [3.63, 3.8) is 0 Å². The Hall–Kier alpha value is -3.44. The highest BCUT2D eigenvalue weighted by Gasteiger charge is 2.18. The lowest BCUT2D eigenvalue weighted by molar-refractivity contribution is 0.0943. The molecule has 0 aliphatic heterocycles. The van der Waals surface area contributed by atoms with Crippen LogP contribution in [0.2, 0.25) is 0 Å². The van der Waals surface area contributed by atoms with Crippen LogP contribution in [0.15, 0.2) is 83.5 Å². The molecule has 1 atom stereocenters. The number of hydrogen-bond acceptors (Lipinski definition) is 4.